The van der Waals surface area contributed by atoms with E-state index < -0.39 is 28.4 Å². The number of aryl methyl sites for hydroxylation is 2. The van der Waals surface area contributed by atoms with Gasteiger partial charge in [-0.3, -0.25) is 0 Å². The molecular formula is C31H34F3N3O3S. The van der Waals surface area contributed by atoms with Crippen molar-refractivity contribution in [2.45, 2.75) is 74.4 Å². The first-order chi connectivity index (χ1) is 19.7. The van der Waals surface area contributed by atoms with Crippen molar-refractivity contribution in [3.05, 3.63) is 83.9 Å². The summed E-state index contributed by atoms with van der Waals surface area (Å²) in [5.74, 6) is -0.0268. The number of halogens is 3. The van der Waals surface area contributed by atoms with Gasteiger partial charge in [0.2, 0.25) is 0 Å². The van der Waals surface area contributed by atoms with Gasteiger partial charge in [0, 0.05) is 17.4 Å². The molecule has 3 aromatic rings. The van der Waals surface area contributed by atoms with Crippen LogP contribution in [0.15, 0.2) is 82.1 Å². The fourth-order valence-corrected chi connectivity index (χ4v) is 7.91. The Balaban J connectivity index is 1.31. The molecule has 41 heavy (non-hydrogen) atoms. The van der Waals surface area contributed by atoms with Crippen LogP contribution in [0.4, 0.5) is 24.5 Å². The number of ether oxygens (including phenoxy) is 1. The Bertz CT molecular complexity index is 1450. The van der Waals surface area contributed by atoms with Crippen LogP contribution in [-0.2, 0) is 22.8 Å². The molecule has 1 unspecified atom stereocenters. The van der Waals surface area contributed by atoms with Gasteiger partial charge in [-0.05, 0) is 98.4 Å². The molecule has 2 N–H and O–H groups in total. The maximum Gasteiger partial charge on any atom is 0.573 e. The van der Waals surface area contributed by atoms with Gasteiger partial charge >= 0.3 is 6.36 Å². The molecule has 0 amide bonds. The van der Waals surface area contributed by atoms with Gasteiger partial charge < -0.3 is 14.7 Å². The van der Waals surface area contributed by atoms with Crippen molar-refractivity contribution in [3.8, 4) is 5.75 Å². The van der Waals surface area contributed by atoms with Crippen molar-refractivity contribution >= 4 is 21.3 Å². The Kier molecular flexibility index (Phi) is 7.74. The highest BCUT2D eigenvalue weighted by Crippen LogP contribution is 2.41. The predicted molar refractivity (Wildman–Crippen MR) is 153 cm³/mol. The topological polar surface area (TPSA) is 74.2 Å². The normalized spacial score (nSPS) is 24.0. The van der Waals surface area contributed by atoms with Crippen LogP contribution in [0.1, 0.15) is 43.2 Å². The number of alkyl halides is 3. The lowest BCUT2D eigenvalue weighted by molar-refractivity contribution is -0.274. The largest absolute Gasteiger partial charge is 0.573 e. The molecule has 0 aromatic heterocycles. The van der Waals surface area contributed by atoms with Crippen molar-refractivity contribution < 1.29 is 27.2 Å². The molecule has 0 radical (unpaired) electrons. The summed E-state index contributed by atoms with van der Waals surface area (Å²) in [6, 6.07) is 20.8. The van der Waals surface area contributed by atoms with E-state index in [1.807, 2.05) is 24.3 Å². The number of nitrogens with one attached hydrogen (secondary N) is 1. The molecule has 1 heterocycles. The Morgan fingerprint density at radius 1 is 0.902 bits per heavy atom. The van der Waals surface area contributed by atoms with E-state index in [-0.39, 0.29) is 16.7 Å². The zero-order chi connectivity index (χ0) is 28.6. The van der Waals surface area contributed by atoms with E-state index in [2.05, 4.69) is 43.0 Å². The van der Waals surface area contributed by atoms with Gasteiger partial charge in [-0.25, -0.2) is 13.3 Å². The van der Waals surface area contributed by atoms with E-state index in [0.29, 0.717) is 18.9 Å². The lowest BCUT2D eigenvalue weighted by atomic mass is 9.86. The first-order valence-electron chi connectivity index (χ1n) is 14.2. The molecule has 2 saturated carbocycles. The minimum Gasteiger partial charge on any atom is -0.406 e. The summed E-state index contributed by atoms with van der Waals surface area (Å²) in [5.41, 5.74) is 4.58. The average Bonchev–Trinajstić information content (AvgIpc) is 3.79. The first-order valence-corrected chi connectivity index (χ1v) is 15.7. The number of fused-ring (bicyclic) bond motifs is 2. The molecule has 1 aliphatic heterocycles. The maximum atomic E-state index is 14.4. The highest BCUT2D eigenvalue weighted by Gasteiger charge is 2.40. The van der Waals surface area contributed by atoms with Gasteiger partial charge in [0.25, 0.3) is 0 Å². The summed E-state index contributed by atoms with van der Waals surface area (Å²) in [6.45, 7) is 0.395. The van der Waals surface area contributed by atoms with Crippen molar-refractivity contribution in [2.24, 2.45) is 10.3 Å². The van der Waals surface area contributed by atoms with Gasteiger partial charge in [-0.2, -0.15) is 0 Å². The van der Waals surface area contributed by atoms with Crippen LogP contribution in [0.3, 0.4) is 0 Å². The van der Waals surface area contributed by atoms with Crippen LogP contribution in [0.2, 0.25) is 0 Å². The molecule has 4 atom stereocenters. The second kappa shape index (κ2) is 11.3. The number of anilines is 2. The number of para-hydroxylation sites is 2. The third-order valence-electron chi connectivity index (χ3n) is 8.22. The Labute approximate surface area is 238 Å². The highest BCUT2D eigenvalue weighted by atomic mass is 32.2. The van der Waals surface area contributed by atoms with Gasteiger partial charge in [0.05, 0.1) is 23.6 Å². The lowest BCUT2D eigenvalue weighted by Gasteiger charge is -2.43. The maximum absolute atomic E-state index is 14.4. The molecule has 0 bridgehead atoms. The fraction of sp³-hybridized carbons (Fsp3) is 0.419. The van der Waals surface area contributed by atoms with Gasteiger partial charge in [-0.1, -0.05) is 36.4 Å². The second-order valence-corrected chi connectivity index (χ2v) is 13.2. The fourth-order valence-electron chi connectivity index (χ4n) is 5.96. The standard InChI is InChI=1S/C31H34F3N3O3S/c32-31(33,34)40-24-16-18-25(19-17-24)41(39,35-20-21-12-13-21)36-26-8-5-11-29(30(26)38)37-27-9-3-1-6-22(27)14-15-23-7-2-4-10-28(23)37/h1-4,6-7,9-10,16-19,21,26,29-30,38H,5,8,11-15,20H2,(H,35,36,39)/t26-,29+,30-,41?/m0/s1. The third kappa shape index (κ3) is 6.24. The molecule has 6 nitrogen and oxygen atoms in total. The summed E-state index contributed by atoms with van der Waals surface area (Å²) in [5, 5.41) is 11.9. The molecule has 218 valence electrons. The molecule has 3 aromatic carbocycles. The SMILES string of the molecule is O=S(=NCC1CC1)(N[C@H]1CCC[C@@H](N2c3ccccc3CCc3ccccc32)[C@H]1O)c1ccc(OC(F)(F)F)cc1. The van der Waals surface area contributed by atoms with Crippen molar-refractivity contribution in [1.29, 1.82) is 0 Å². The second-order valence-electron chi connectivity index (χ2n) is 11.1. The summed E-state index contributed by atoms with van der Waals surface area (Å²) in [4.78, 5) is 2.52. The minimum atomic E-state index is -4.82. The lowest BCUT2D eigenvalue weighted by Crippen LogP contribution is -2.55. The number of hydrogen-bond donors (Lipinski definition) is 2. The summed E-state index contributed by atoms with van der Waals surface area (Å²) < 4.78 is 64.3. The molecular weight excluding hydrogens is 551 g/mol. The van der Waals surface area contributed by atoms with Crippen LogP contribution >= 0.6 is 0 Å². The van der Waals surface area contributed by atoms with Gasteiger partial charge in [0.1, 0.15) is 15.7 Å². The van der Waals surface area contributed by atoms with Crippen molar-refractivity contribution in [2.75, 3.05) is 11.4 Å². The van der Waals surface area contributed by atoms with Crippen LogP contribution in [0, 0.1) is 5.92 Å². The molecule has 2 aliphatic carbocycles. The number of benzene rings is 3. The molecule has 6 rings (SSSR count). The van der Waals surface area contributed by atoms with Gasteiger partial charge in [-0.15, -0.1) is 13.2 Å². The Morgan fingerprint density at radius 2 is 1.51 bits per heavy atom. The summed E-state index contributed by atoms with van der Waals surface area (Å²) >= 11 is 0. The molecule has 0 spiro atoms. The monoisotopic (exact) mass is 585 g/mol. The van der Waals surface area contributed by atoms with Crippen LogP contribution in [-0.4, -0.2) is 40.4 Å². The van der Waals surface area contributed by atoms with Crippen LogP contribution in [0.25, 0.3) is 0 Å². The number of aliphatic hydroxyl groups excluding tert-OH is 1. The molecule has 2 fully saturated rings. The van der Waals surface area contributed by atoms with E-state index in [0.717, 1.165) is 62.0 Å². The molecule has 0 saturated heterocycles. The summed E-state index contributed by atoms with van der Waals surface area (Å²) in [7, 11) is -3.24. The van der Waals surface area contributed by atoms with E-state index in [1.165, 1.54) is 23.3 Å². The number of nitrogens with zero attached hydrogens (tertiary/aromatic N) is 2. The average molecular weight is 586 g/mol. The number of aliphatic hydroxyl groups is 1. The predicted octanol–water partition coefficient (Wildman–Crippen LogP) is 6.55. The van der Waals surface area contributed by atoms with Crippen LogP contribution < -0.4 is 14.4 Å². The third-order valence-corrected chi connectivity index (χ3v) is 10.3. The highest BCUT2D eigenvalue weighted by molar-refractivity contribution is 7.91. The van der Waals surface area contributed by atoms with Crippen molar-refractivity contribution in [3.63, 3.8) is 0 Å². The van der Waals surface area contributed by atoms with E-state index >= 15 is 0 Å². The number of hydrogen-bond acceptors (Lipinski definition) is 5. The molecule has 3 aliphatic rings. The Morgan fingerprint density at radius 3 is 2.10 bits per heavy atom. The Hall–Kier alpha value is -3.08. The quantitative estimate of drug-likeness (QED) is 0.330. The van der Waals surface area contributed by atoms with Crippen LogP contribution in [0.5, 0.6) is 5.75 Å². The number of rotatable bonds is 7. The van der Waals surface area contributed by atoms with E-state index in [9.17, 15) is 22.5 Å². The van der Waals surface area contributed by atoms with Crippen molar-refractivity contribution in [1.82, 2.24) is 4.72 Å². The minimum absolute atomic E-state index is 0.267. The van der Waals surface area contributed by atoms with Gasteiger partial charge in [0.15, 0.2) is 0 Å². The zero-order valence-corrected chi connectivity index (χ0v) is 23.4. The van der Waals surface area contributed by atoms with E-state index in [4.69, 9.17) is 0 Å². The summed E-state index contributed by atoms with van der Waals surface area (Å²) in [6.07, 6.45) is 0.296. The first kappa shape index (κ1) is 28.1. The molecule has 10 heteroatoms. The van der Waals surface area contributed by atoms with E-state index in [1.54, 1.807) is 0 Å². The zero-order valence-electron chi connectivity index (χ0n) is 22.6. The smallest absolute Gasteiger partial charge is 0.406 e.